The molecular weight excluding hydrogens is 420 g/mol. The van der Waals surface area contributed by atoms with Gasteiger partial charge in [0.25, 0.3) is 10.0 Å². The van der Waals surface area contributed by atoms with E-state index in [1.165, 1.54) is 12.1 Å². The van der Waals surface area contributed by atoms with Crippen molar-refractivity contribution in [2.24, 2.45) is 5.41 Å². The Kier molecular flexibility index (Phi) is 5.47. The molecule has 0 unspecified atom stereocenters. The van der Waals surface area contributed by atoms with Crippen LogP contribution >= 0.6 is 0 Å². The fourth-order valence-electron chi connectivity index (χ4n) is 3.56. The van der Waals surface area contributed by atoms with Gasteiger partial charge in [-0.15, -0.1) is 0 Å². The molecule has 0 fully saturated rings. The van der Waals surface area contributed by atoms with E-state index in [9.17, 15) is 13.2 Å². The molecule has 166 valence electrons. The lowest BCUT2D eigenvalue weighted by molar-refractivity contribution is -0.127. The lowest BCUT2D eigenvalue weighted by Crippen LogP contribution is -2.42. The number of fused-ring (bicyclic) bond motifs is 2. The Hall–Kier alpha value is -2.94. The quantitative estimate of drug-likeness (QED) is 0.756. The minimum Gasteiger partial charge on any atom is -0.490 e. The van der Waals surface area contributed by atoms with Gasteiger partial charge in [-0.2, -0.15) is 0 Å². The number of ether oxygens (including phenoxy) is 3. The molecule has 0 aliphatic carbocycles. The summed E-state index contributed by atoms with van der Waals surface area (Å²) in [5, 5.41) is 0. The summed E-state index contributed by atoms with van der Waals surface area (Å²) in [5.74, 6) is 1.37. The lowest BCUT2D eigenvalue weighted by atomic mass is 9.93. The van der Waals surface area contributed by atoms with Crippen LogP contribution in [0.2, 0.25) is 0 Å². The molecule has 0 radical (unpaired) electrons. The summed E-state index contributed by atoms with van der Waals surface area (Å²) >= 11 is 0. The van der Waals surface area contributed by atoms with Crippen molar-refractivity contribution in [2.75, 3.05) is 36.0 Å². The molecule has 1 amide bonds. The van der Waals surface area contributed by atoms with E-state index < -0.39 is 15.4 Å². The maximum atomic E-state index is 12.9. The molecule has 2 aromatic carbocycles. The van der Waals surface area contributed by atoms with E-state index >= 15 is 0 Å². The summed E-state index contributed by atoms with van der Waals surface area (Å²) in [7, 11) is -3.86. The van der Waals surface area contributed by atoms with Gasteiger partial charge in [0.05, 0.1) is 21.7 Å². The number of nitrogens with one attached hydrogen (secondary N) is 1. The summed E-state index contributed by atoms with van der Waals surface area (Å²) in [5.41, 5.74) is 0.302. The van der Waals surface area contributed by atoms with E-state index in [-0.39, 0.29) is 17.4 Å². The Labute approximate surface area is 182 Å². The Morgan fingerprint density at radius 1 is 1.00 bits per heavy atom. The third kappa shape index (κ3) is 4.14. The Bertz CT molecular complexity index is 1110. The number of hydrogen-bond acceptors (Lipinski definition) is 6. The molecule has 2 aromatic rings. The highest BCUT2D eigenvalue weighted by molar-refractivity contribution is 7.92. The third-order valence-corrected chi connectivity index (χ3v) is 6.57. The van der Waals surface area contributed by atoms with E-state index in [4.69, 9.17) is 14.2 Å². The fourth-order valence-corrected chi connectivity index (χ4v) is 4.63. The van der Waals surface area contributed by atoms with Gasteiger partial charge < -0.3 is 19.1 Å². The zero-order chi connectivity index (χ0) is 22.2. The minimum absolute atomic E-state index is 0.0160. The summed E-state index contributed by atoms with van der Waals surface area (Å²) in [6.45, 7) is 7.25. The van der Waals surface area contributed by atoms with Crippen LogP contribution in [0.25, 0.3) is 0 Å². The van der Waals surface area contributed by atoms with Gasteiger partial charge in [-0.3, -0.25) is 9.52 Å². The monoisotopic (exact) mass is 446 g/mol. The van der Waals surface area contributed by atoms with Crippen molar-refractivity contribution >= 4 is 27.3 Å². The molecule has 8 nitrogen and oxygen atoms in total. The molecule has 9 heteroatoms. The zero-order valence-corrected chi connectivity index (χ0v) is 18.6. The smallest absolute Gasteiger partial charge is 0.262 e. The first kappa shape index (κ1) is 21.3. The SMILES string of the molecule is CCCN1C(=O)C(C)(C)COc2cc(NS(=O)(=O)c3ccc4c(c3)OCCO4)ccc21. The van der Waals surface area contributed by atoms with Gasteiger partial charge in [0.2, 0.25) is 5.91 Å². The molecule has 0 atom stereocenters. The molecule has 2 aliphatic heterocycles. The number of hydrogen-bond donors (Lipinski definition) is 1. The maximum Gasteiger partial charge on any atom is 0.262 e. The highest BCUT2D eigenvalue weighted by atomic mass is 32.2. The third-order valence-electron chi connectivity index (χ3n) is 5.19. The van der Waals surface area contributed by atoms with Crippen LogP contribution < -0.4 is 23.8 Å². The second-order valence-electron chi connectivity index (χ2n) is 8.22. The fraction of sp³-hybridized carbons (Fsp3) is 0.409. The van der Waals surface area contributed by atoms with Crippen LogP contribution in [0.15, 0.2) is 41.3 Å². The van der Waals surface area contributed by atoms with E-state index in [1.807, 2.05) is 20.8 Å². The number of carbonyl (C=O) groups excluding carboxylic acids is 1. The van der Waals surface area contributed by atoms with Gasteiger partial charge >= 0.3 is 0 Å². The summed E-state index contributed by atoms with van der Waals surface area (Å²) in [4.78, 5) is 14.7. The number of anilines is 2. The minimum atomic E-state index is -3.86. The lowest BCUT2D eigenvalue weighted by Gasteiger charge is -2.27. The predicted octanol–water partition coefficient (Wildman–Crippen LogP) is 3.42. The number of carbonyl (C=O) groups is 1. The van der Waals surface area contributed by atoms with Gasteiger partial charge in [0, 0.05) is 18.7 Å². The van der Waals surface area contributed by atoms with Gasteiger partial charge in [0.15, 0.2) is 11.5 Å². The first-order valence-corrected chi connectivity index (χ1v) is 11.7. The van der Waals surface area contributed by atoms with Crippen LogP contribution in [-0.4, -0.2) is 40.7 Å². The van der Waals surface area contributed by atoms with E-state index in [0.29, 0.717) is 48.4 Å². The molecule has 0 saturated heterocycles. The molecule has 0 spiro atoms. The zero-order valence-electron chi connectivity index (χ0n) is 17.8. The summed E-state index contributed by atoms with van der Waals surface area (Å²) in [6, 6.07) is 9.46. The van der Waals surface area contributed by atoms with Crippen LogP contribution in [-0.2, 0) is 14.8 Å². The molecule has 1 N–H and O–H groups in total. The molecular formula is C22H26N2O6S. The molecule has 0 bridgehead atoms. The molecule has 4 rings (SSSR count). The van der Waals surface area contributed by atoms with Gasteiger partial charge in [0.1, 0.15) is 25.6 Å². The van der Waals surface area contributed by atoms with Crippen LogP contribution in [0, 0.1) is 5.41 Å². The Morgan fingerprint density at radius 2 is 1.74 bits per heavy atom. The van der Waals surface area contributed by atoms with Crippen LogP contribution in [0.4, 0.5) is 11.4 Å². The van der Waals surface area contributed by atoms with Crippen molar-refractivity contribution in [1.29, 1.82) is 0 Å². The topological polar surface area (TPSA) is 94.2 Å². The average Bonchev–Trinajstić information content (AvgIpc) is 2.83. The number of amides is 1. The molecule has 0 aromatic heterocycles. The van der Waals surface area contributed by atoms with Crippen LogP contribution in [0.1, 0.15) is 27.2 Å². The van der Waals surface area contributed by atoms with Crippen molar-refractivity contribution in [3.8, 4) is 17.2 Å². The van der Waals surface area contributed by atoms with Crippen molar-refractivity contribution in [3.05, 3.63) is 36.4 Å². The second kappa shape index (κ2) is 7.96. The molecule has 2 aliphatic rings. The number of benzene rings is 2. The molecule has 31 heavy (non-hydrogen) atoms. The van der Waals surface area contributed by atoms with Crippen LogP contribution in [0.5, 0.6) is 17.2 Å². The molecule has 0 saturated carbocycles. The highest BCUT2D eigenvalue weighted by Crippen LogP contribution is 2.39. The molecule has 2 heterocycles. The standard InChI is InChI=1S/C22H26N2O6S/c1-4-9-24-17-7-5-15(12-19(17)30-14-22(2,3)21(24)25)23-31(26,27)16-6-8-18-20(13-16)29-11-10-28-18/h5-8,12-13,23H,4,9-11,14H2,1-3H3. The average molecular weight is 447 g/mol. The van der Waals surface area contributed by atoms with E-state index in [2.05, 4.69) is 4.72 Å². The number of sulfonamides is 1. The Balaban J connectivity index is 1.63. The van der Waals surface area contributed by atoms with E-state index in [1.54, 1.807) is 29.2 Å². The van der Waals surface area contributed by atoms with Crippen molar-refractivity contribution in [3.63, 3.8) is 0 Å². The number of nitrogens with zero attached hydrogens (tertiary/aromatic N) is 1. The first-order valence-electron chi connectivity index (χ1n) is 10.2. The van der Waals surface area contributed by atoms with Gasteiger partial charge in [-0.1, -0.05) is 6.92 Å². The largest absolute Gasteiger partial charge is 0.490 e. The van der Waals surface area contributed by atoms with E-state index in [0.717, 1.165) is 6.42 Å². The number of rotatable bonds is 5. The second-order valence-corrected chi connectivity index (χ2v) is 9.91. The Morgan fingerprint density at radius 3 is 2.48 bits per heavy atom. The van der Waals surface area contributed by atoms with Crippen molar-refractivity contribution < 1.29 is 27.4 Å². The van der Waals surface area contributed by atoms with Crippen molar-refractivity contribution in [2.45, 2.75) is 32.1 Å². The summed E-state index contributed by atoms with van der Waals surface area (Å²) in [6.07, 6.45) is 0.791. The van der Waals surface area contributed by atoms with Crippen LogP contribution in [0.3, 0.4) is 0 Å². The van der Waals surface area contributed by atoms with Gasteiger partial charge in [-0.25, -0.2) is 8.42 Å². The highest BCUT2D eigenvalue weighted by Gasteiger charge is 2.37. The first-order chi connectivity index (χ1) is 14.7. The predicted molar refractivity (Wildman–Crippen MR) is 117 cm³/mol. The van der Waals surface area contributed by atoms with Crippen molar-refractivity contribution in [1.82, 2.24) is 0 Å². The summed E-state index contributed by atoms with van der Waals surface area (Å²) < 4.78 is 45.3. The maximum absolute atomic E-state index is 12.9. The van der Waals surface area contributed by atoms with Gasteiger partial charge in [-0.05, 0) is 44.5 Å². The normalized spacial score (nSPS) is 17.4.